The molecule has 5 nitrogen and oxygen atoms in total. The van der Waals surface area contributed by atoms with Gasteiger partial charge in [0.2, 0.25) is 5.91 Å². The number of hydrogen-bond donors (Lipinski definition) is 1. The number of benzene rings is 1. The molecule has 0 saturated carbocycles. The molecule has 2 aromatic rings. The minimum Gasteiger partial charge on any atom is -0.366 e. The molecule has 0 fully saturated rings. The van der Waals surface area contributed by atoms with Crippen LogP contribution in [0.2, 0.25) is 0 Å². The van der Waals surface area contributed by atoms with Crippen LogP contribution in [0.5, 0.6) is 0 Å². The van der Waals surface area contributed by atoms with E-state index in [0.29, 0.717) is 6.54 Å². The molecule has 0 spiro atoms. The number of carbonyl (C=O) groups excluding carboxylic acids is 1. The number of amides is 1. The van der Waals surface area contributed by atoms with Crippen molar-refractivity contribution in [3.63, 3.8) is 0 Å². The maximum Gasteiger partial charge on any atom is 0.249 e. The van der Waals surface area contributed by atoms with E-state index in [1.54, 1.807) is 6.92 Å². The number of hydrogen-bond acceptors (Lipinski definition) is 4. The Morgan fingerprint density at radius 3 is 2.73 bits per heavy atom. The maximum absolute atomic E-state index is 12.2. The van der Waals surface area contributed by atoms with Gasteiger partial charge in [-0.25, -0.2) is 4.98 Å². The van der Waals surface area contributed by atoms with Crippen molar-refractivity contribution in [2.75, 3.05) is 11.4 Å². The van der Waals surface area contributed by atoms with Crippen LogP contribution in [0, 0.1) is 0 Å². The van der Waals surface area contributed by atoms with Crippen LogP contribution in [0.25, 0.3) is 0 Å². The van der Waals surface area contributed by atoms with Gasteiger partial charge in [0, 0.05) is 31.4 Å². The summed E-state index contributed by atoms with van der Waals surface area (Å²) in [6.45, 7) is 7.87. The highest BCUT2D eigenvalue weighted by Crippen LogP contribution is 2.25. The van der Waals surface area contributed by atoms with E-state index >= 15 is 0 Å². The predicted octanol–water partition coefficient (Wildman–Crippen LogP) is 3.07. The molecule has 1 aliphatic heterocycles. The zero-order valence-electron chi connectivity index (χ0n) is 15.7. The summed E-state index contributed by atoms with van der Waals surface area (Å²) in [4.78, 5) is 19.1. The first-order chi connectivity index (χ1) is 12.5. The van der Waals surface area contributed by atoms with Gasteiger partial charge in [-0.15, -0.1) is 0 Å². The van der Waals surface area contributed by atoms with Gasteiger partial charge in [-0.2, -0.15) is 0 Å². The highest BCUT2D eigenvalue weighted by molar-refractivity contribution is 5.80. The fourth-order valence-corrected chi connectivity index (χ4v) is 3.33. The minimum atomic E-state index is -0.461. The van der Waals surface area contributed by atoms with Crippen LogP contribution in [0.3, 0.4) is 0 Å². The van der Waals surface area contributed by atoms with Gasteiger partial charge in [0.05, 0.1) is 6.10 Å². The number of pyridine rings is 1. The zero-order valence-corrected chi connectivity index (χ0v) is 15.7. The number of nitrogens with zero attached hydrogens (tertiary/aromatic N) is 2. The fourth-order valence-electron chi connectivity index (χ4n) is 3.33. The molecule has 138 valence electrons. The zero-order chi connectivity index (χ0) is 18.5. The molecule has 26 heavy (non-hydrogen) atoms. The predicted molar refractivity (Wildman–Crippen MR) is 103 cm³/mol. The van der Waals surface area contributed by atoms with Crippen molar-refractivity contribution in [1.82, 2.24) is 10.3 Å². The maximum atomic E-state index is 12.2. The summed E-state index contributed by atoms with van der Waals surface area (Å²) in [5.41, 5.74) is 3.78. The molecule has 3 rings (SSSR count). The lowest BCUT2D eigenvalue weighted by Crippen LogP contribution is -2.36. The fraction of sp³-hybridized carbons (Fsp3) is 0.429. The van der Waals surface area contributed by atoms with Crippen molar-refractivity contribution in [1.29, 1.82) is 0 Å². The van der Waals surface area contributed by atoms with E-state index in [1.165, 1.54) is 11.1 Å². The molecule has 0 unspecified atom stereocenters. The smallest absolute Gasteiger partial charge is 0.249 e. The highest BCUT2D eigenvalue weighted by atomic mass is 16.5. The van der Waals surface area contributed by atoms with E-state index in [2.05, 4.69) is 39.5 Å². The van der Waals surface area contributed by atoms with Gasteiger partial charge < -0.3 is 15.0 Å². The molecule has 1 N–H and O–H groups in total. The molecule has 1 atom stereocenters. The van der Waals surface area contributed by atoms with Crippen molar-refractivity contribution in [2.45, 2.75) is 52.5 Å². The topological polar surface area (TPSA) is 54.5 Å². The molecule has 0 bridgehead atoms. The Bertz CT molecular complexity index is 760. The van der Waals surface area contributed by atoms with Gasteiger partial charge in [-0.05, 0) is 44.4 Å². The van der Waals surface area contributed by atoms with Crippen LogP contribution in [0.1, 0.15) is 37.5 Å². The van der Waals surface area contributed by atoms with Crippen LogP contribution >= 0.6 is 0 Å². The lowest BCUT2D eigenvalue weighted by atomic mass is 9.99. The molecule has 1 aromatic heterocycles. The van der Waals surface area contributed by atoms with Gasteiger partial charge in [0.15, 0.2) is 0 Å². The van der Waals surface area contributed by atoms with Crippen LogP contribution < -0.4 is 10.2 Å². The van der Waals surface area contributed by atoms with Gasteiger partial charge in [-0.1, -0.05) is 30.3 Å². The highest BCUT2D eigenvalue weighted by Gasteiger charge is 2.20. The summed E-state index contributed by atoms with van der Waals surface area (Å²) in [7, 11) is 0. The normalized spacial score (nSPS) is 14.8. The van der Waals surface area contributed by atoms with Gasteiger partial charge in [0.1, 0.15) is 11.9 Å². The summed E-state index contributed by atoms with van der Waals surface area (Å²) in [6.07, 6.45) is 2.39. The molecule has 1 aromatic carbocycles. The Morgan fingerprint density at radius 1 is 1.19 bits per heavy atom. The Labute approximate surface area is 155 Å². The number of carbonyl (C=O) groups is 1. The Morgan fingerprint density at radius 2 is 1.96 bits per heavy atom. The molecule has 0 radical (unpaired) electrons. The quantitative estimate of drug-likeness (QED) is 0.867. The summed E-state index contributed by atoms with van der Waals surface area (Å²) in [5.74, 6) is 0.845. The monoisotopic (exact) mass is 353 g/mol. The van der Waals surface area contributed by atoms with Gasteiger partial charge in [-0.3, -0.25) is 4.79 Å². The molecule has 2 heterocycles. The van der Waals surface area contributed by atoms with E-state index in [9.17, 15) is 4.79 Å². The summed E-state index contributed by atoms with van der Waals surface area (Å²) < 4.78 is 5.55. The van der Waals surface area contributed by atoms with Crippen molar-refractivity contribution < 1.29 is 9.53 Å². The van der Waals surface area contributed by atoms with Gasteiger partial charge >= 0.3 is 0 Å². The number of ether oxygens (including phenoxy) is 1. The number of fused-ring (bicyclic) bond motifs is 1. The van der Waals surface area contributed by atoms with Gasteiger partial charge in [0.25, 0.3) is 0 Å². The van der Waals surface area contributed by atoms with Crippen molar-refractivity contribution in [3.05, 3.63) is 59.3 Å². The third-order valence-corrected chi connectivity index (χ3v) is 4.60. The second-order valence-electron chi connectivity index (χ2n) is 6.97. The Kier molecular flexibility index (Phi) is 5.89. The number of nitrogens with one attached hydrogen (secondary N) is 1. The summed E-state index contributed by atoms with van der Waals surface area (Å²) >= 11 is 0. The Hall–Kier alpha value is -2.40. The van der Waals surface area contributed by atoms with Crippen LogP contribution in [-0.4, -0.2) is 29.6 Å². The van der Waals surface area contributed by atoms with Crippen LogP contribution in [0.4, 0.5) is 5.82 Å². The molecule has 0 saturated heterocycles. The summed E-state index contributed by atoms with van der Waals surface area (Å²) in [6, 6.07) is 12.5. The minimum absolute atomic E-state index is 0.0260. The molecule has 0 aliphatic carbocycles. The third-order valence-electron chi connectivity index (χ3n) is 4.60. The van der Waals surface area contributed by atoms with Crippen LogP contribution in [-0.2, 0) is 29.0 Å². The van der Waals surface area contributed by atoms with Crippen LogP contribution in [0.15, 0.2) is 42.6 Å². The van der Waals surface area contributed by atoms with Crippen molar-refractivity contribution in [3.8, 4) is 0 Å². The van der Waals surface area contributed by atoms with E-state index in [0.717, 1.165) is 30.9 Å². The Balaban J connectivity index is 1.68. The lowest BCUT2D eigenvalue weighted by molar-refractivity contribution is -0.134. The SMILES string of the molecule is CC(C)O[C@@H](C)C(=O)NCc1cccnc1N1CCc2ccccc2C1. The second kappa shape index (κ2) is 8.32. The van der Waals surface area contributed by atoms with E-state index in [1.807, 2.05) is 32.2 Å². The number of aromatic nitrogens is 1. The average Bonchev–Trinajstić information content (AvgIpc) is 2.65. The average molecular weight is 353 g/mol. The van der Waals surface area contributed by atoms with Crippen molar-refractivity contribution >= 4 is 11.7 Å². The molecule has 1 aliphatic rings. The largest absolute Gasteiger partial charge is 0.366 e. The molecular weight excluding hydrogens is 326 g/mol. The molecule has 5 heteroatoms. The standard InChI is InChI=1S/C21H27N3O2/c1-15(2)26-16(3)21(25)23-13-18-9-6-11-22-20(18)24-12-10-17-7-4-5-8-19(17)14-24/h4-9,11,15-16H,10,12-14H2,1-3H3,(H,23,25)/t16-/m0/s1. The lowest BCUT2D eigenvalue weighted by Gasteiger charge is -2.31. The second-order valence-corrected chi connectivity index (χ2v) is 6.97. The number of rotatable bonds is 6. The first-order valence-electron chi connectivity index (χ1n) is 9.23. The number of anilines is 1. The first kappa shape index (κ1) is 18.4. The van der Waals surface area contributed by atoms with E-state index in [4.69, 9.17) is 4.74 Å². The van der Waals surface area contributed by atoms with E-state index < -0.39 is 6.10 Å². The molecular formula is C21H27N3O2. The van der Waals surface area contributed by atoms with E-state index in [-0.39, 0.29) is 12.0 Å². The molecule has 1 amide bonds. The van der Waals surface area contributed by atoms with Crippen molar-refractivity contribution in [2.24, 2.45) is 0 Å². The third kappa shape index (κ3) is 4.41. The summed E-state index contributed by atoms with van der Waals surface area (Å²) in [5, 5.41) is 2.97. The first-order valence-corrected chi connectivity index (χ1v) is 9.23.